The van der Waals surface area contributed by atoms with Crippen molar-refractivity contribution in [2.45, 2.75) is 13.0 Å². The highest BCUT2D eigenvalue weighted by Crippen LogP contribution is 2.25. The molecule has 0 saturated heterocycles. The molecule has 1 rings (SSSR count). The van der Waals surface area contributed by atoms with E-state index in [-0.39, 0.29) is 12.4 Å². The quantitative estimate of drug-likeness (QED) is 0.817. The fourth-order valence-electron chi connectivity index (χ4n) is 1.78. The minimum absolute atomic E-state index is 0.00517. The molecule has 0 spiro atoms. The fraction of sp³-hybridized carbons (Fsp3) is 0.462. The predicted octanol–water partition coefficient (Wildman–Crippen LogP) is 2.10. The molecule has 1 atom stereocenters. The molecular formula is C13H18BrNO3. The number of rotatable bonds is 6. The smallest absolute Gasteiger partial charge is 0.161 e. The van der Waals surface area contributed by atoms with Gasteiger partial charge in [-0.05, 0) is 25.1 Å². The number of benzene rings is 1. The van der Waals surface area contributed by atoms with Gasteiger partial charge in [-0.2, -0.15) is 0 Å². The van der Waals surface area contributed by atoms with Crippen molar-refractivity contribution in [1.29, 1.82) is 0 Å². The number of carbonyl (C=O) groups is 1. The maximum Gasteiger partial charge on any atom is 0.161 e. The van der Waals surface area contributed by atoms with Gasteiger partial charge < -0.3 is 14.7 Å². The minimum atomic E-state index is -0.584. The Labute approximate surface area is 116 Å². The Morgan fingerprint density at radius 3 is 2.78 bits per heavy atom. The van der Waals surface area contributed by atoms with Crippen LogP contribution in [0, 0.1) is 0 Å². The van der Waals surface area contributed by atoms with E-state index in [2.05, 4.69) is 15.9 Å². The molecular weight excluding hydrogens is 298 g/mol. The number of halogens is 1. The third kappa shape index (κ3) is 4.08. The Morgan fingerprint density at radius 1 is 1.56 bits per heavy atom. The Balaban J connectivity index is 2.93. The van der Waals surface area contributed by atoms with Gasteiger partial charge in [-0.3, -0.25) is 4.79 Å². The molecule has 4 nitrogen and oxygen atoms in total. The lowest BCUT2D eigenvalue weighted by molar-refractivity contribution is 0.0694. The molecule has 0 amide bonds. The molecule has 0 aliphatic heterocycles. The highest BCUT2D eigenvalue weighted by atomic mass is 79.9. The molecule has 1 N–H and O–H groups in total. The van der Waals surface area contributed by atoms with Crippen LogP contribution in [0.3, 0.4) is 0 Å². The lowest BCUT2D eigenvalue weighted by Gasteiger charge is -2.24. The molecule has 1 aromatic carbocycles. The van der Waals surface area contributed by atoms with E-state index >= 15 is 0 Å². The van der Waals surface area contributed by atoms with E-state index in [0.717, 1.165) is 10.2 Å². The van der Waals surface area contributed by atoms with Crippen molar-refractivity contribution in [3.63, 3.8) is 0 Å². The molecule has 5 heteroatoms. The molecule has 0 aromatic heterocycles. The first-order valence-electron chi connectivity index (χ1n) is 5.64. The standard InChI is InChI=1S/C13H18BrNO3/c1-9(16)12-5-4-10(14)6-13(12)15(2)7-11(17)8-18-3/h4-6,11,17H,7-8H2,1-3H3. The van der Waals surface area contributed by atoms with Gasteiger partial charge in [0.1, 0.15) is 0 Å². The number of aliphatic hydroxyl groups excluding tert-OH is 1. The highest BCUT2D eigenvalue weighted by molar-refractivity contribution is 9.10. The number of anilines is 1. The van der Waals surface area contributed by atoms with Gasteiger partial charge in [0, 0.05) is 36.4 Å². The number of nitrogens with zero attached hydrogens (tertiary/aromatic N) is 1. The van der Waals surface area contributed by atoms with Crippen LogP contribution in [0.25, 0.3) is 0 Å². The van der Waals surface area contributed by atoms with Gasteiger partial charge in [0.05, 0.1) is 12.7 Å². The topological polar surface area (TPSA) is 49.8 Å². The summed E-state index contributed by atoms with van der Waals surface area (Å²) in [7, 11) is 3.39. The van der Waals surface area contributed by atoms with Crippen molar-refractivity contribution in [1.82, 2.24) is 0 Å². The lowest BCUT2D eigenvalue weighted by Crippen LogP contribution is -2.32. The molecule has 0 bridgehead atoms. The van der Waals surface area contributed by atoms with E-state index in [1.54, 1.807) is 13.2 Å². The third-order valence-electron chi connectivity index (χ3n) is 2.59. The number of likely N-dealkylation sites (N-methyl/N-ethyl adjacent to an activating group) is 1. The summed E-state index contributed by atoms with van der Waals surface area (Å²) in [5.41, 5.74) is 1.44. The second-order valence-corrected chi connectivity index (χ2v) is 5.12. The average molecular weight is 316 g/mol. The molecule has 0 aliphatic rings. The number of hydrogen-bond donors (Lipinski definition) is 1. The lowest BCUT2D eigenvalue weighted by atomic mass is 10.1. The van der Waals surface area contributed by atoms with Crippen LogP contribution >= 0.6 is 15.9 Å². The van der Waals surface area contributed by atoms with Crippen LogP contribution in [0.5, 0.6) is 0 Å². The zero-order valence-electron chi connectivity index (χ0n) is 10.8. The second-order valence-electron chi connectivity index (χ2n) is 4.21. The number of hydrogen-bond acceptors (Lipinski definition) is 4. The van der Waals surface area contributed by atoms with Gasteiger partial charge in [-0.1, -0.05) is 15.9 Å². The van der Waals surface area contributed by atoms with Gasteiger partial charge >= 0.3 is 0 Å². The predicted molar refractivity (Wildman–Crippen MR) is 75.3 cm³/mol. The molecule has 1 aromatic rings. The summed E-state index contributed by atoms with van der Waals surface area (Å²) < 4.78 is 5.79. The van der Waals surface area contributed by atoms with Crippen molar-refractivity contribution in [3.05, 3.63) is 28.2 Å². The molecule has 0 heterocycles. The summed E-state index contributed by atoms with van der Waals surface area (Å²) in [6.07, 6.45) is -0.584. The van der Waals surface area contributed by atoms with E-state index in [1.807, 2.05) is 24.1 Å². The van der Waals surface area contributed by atoms with Crippen LogP contribution < -0.4 is 4.90 Å². The van der Waals surface area contributed by atoms with E-state index < -0.39 is 6.10 Å². The highest BCUT2D eigenvalue weighted by Gasteiger charge is 2.14. The normalized spacial score (nSPS) is 12.3. The number of ether oxygens (including phenoxy) is 1. The number of carbonyl (C=O) groups excluding carboxylic acids is 1. The minimum Gasteiger partial charge on any atom is -0.389 e. The number of Topliss-reactive ketones (excluding diaryl/α,β-unsaturated/α-hetero) is 1. The first kappa shape index (κ1) is 15.1. The van der Waals surface area contributed by atoms with Gasteiger partial charge in [0.15, 0.2) is 5.78 Å². The summed E-state index contributed by atoms with van der Waals surface area (Å²) >= 11 is 3.39. The molecule has 0 fully saturated rings. The first-order chi connectivity index (χ1) is 8.45. The SMILES string of the molecule is COCC(O)CN(C)c1cc(Br)ccc1C(C)=O. The van der Waals surface area contributed by atoms with E-state index in [0.29, 0.717) is 12.1 Å². The largest absolute Gasteiger partial charge is 0.389 e. The summed E-state index contributed by atoms with van der Waals surface area (Å²) in [6.45, 7) is 2.21. The van der Waals surface area contributed by atoms with Crippen molar-refractivity contribution in [3.8, 4) is 0 Å². The molecule has 1 unspecified atom stereocenters. The Hall–Kier alpha value is -0.910. The van der Waals surface area contributed by atoms with Crippen molar-refractivity contribution in [2.24, 2.45) is 0 Å². The van der Waals surface area contributed by atoms with Crippen molar-refractivity contribution >= 4 is 27.4 Å². The van der Waals surface area contributed by atoms with E-state index in [1.165, 1.54) is 6.92 Å². The van der Waals surface area contributed by atoms with Gasteiger partial charge in [-0.15, -0.1) is 0 Å². The summed E-state index contributed by atoms with van der Waals surface area (Å²) in [5, 5.41) is 9.72. The second kappa shape index (κ2) is 6.87. The molecule has 100 valence electrons. The monoisotopic (exact) mass is 315 g/mol. The van der Waals surface area contributed by atoms with Crippen LogP contribution in [0.1, 0.15) is 17.3 Å². The van der Waals surface area contributed by atoms with Gasteiger partial charge in [0.2, 0.25) is 0 Å². The average Bonchev–Trinajstić information content (AvgIpc) is 2.28. The molecule has 0 saturated carbocycles. The van der Waals surface area contributed by atoms with E-state index in [9.17, 15) is 9.90 Å². The molecule has 0 aliphatic carbocycles. The zero-order chi connectivity index (χ0) is 13.7. The van der Waals surface area contributed by atoms with Crippen LogP contribution in [-0.2, 0) is 4.74 Å². The first-order valence-corrected chi connectivity index (χ1v) is 6.43. The summed E-state index contributed by atoms with van der Waals surface area (Å²) in [4.78, 5) is 13.4. The Morgan fingerprint density at radius 2 is 2.22 bits per heavy atom. The van der Waals surface area contributed by atoms with Crippen LogP contribution in [0.2, 0.25) is 0 Å². The third-order valence-corrected chi connectivity index (χ3v) is 3.09. The molecule has 0 radical (unpaired) electrons. The van der Waals surface area contributed by atoms with Crippen LogP contribution in [-0.4, -0.2) is 44.3 Å². The van der Waals surface area contributed by atoms with Gasteiger partial charge in [-0.25, -0.2) is 0 Å². The van der Waals surface area contributed by atoms with E-state index in [4.69, 9.17) is 4.74 Å². The van der Waals surface area contributed by atoms with Crippen molar-refractivity contribution in [2.75, 3.05) is 32.2 Å². The van der Waals surface area contributed by atoms with Crippen LogP contribution in [0.4, 0.5) is 5.69 Å². The fourth-order valence-corrected chi connectivity index (χ4v) is 2.13. The Bertz CT molecular complexity index is 423. The van der Waals surface area contributed by atoms with Crippen molar-refractivity contribution < 1.29 is 14.6 Å². The Kier molecular flexibility index (Phi) is 5.78. The number of aliphatic hydroxyl groups is 1. The number of methoxy groups -OCH3 is 1. The van der Waals surface area contributed by atoms with Gasteiger partial charge in [0.25, 0.3) is 0 Å². The van der Waals surface area contributed by atoms with Crippen LogP contribution in [0.15, 0.2) is 22.7 Å². The summed E-state index contributed by atoms with van der Waals surface area (Å²) in [5.74, 6) is 0.00517. The zero-order valence-corrected chi connectivity index (χ0v) is 12.4. The maximum absolute atomic E-state index is 11.6. The summed E-state index contributed by atoms with van der Waals surface area (Å²) in [6, 6.07) is 5.48. The molecule has 18 heavy (non-hydrogen) atoms. The maximum atomic E-state index is 11.6. The number of ketones is 1.